The van der Waals surface area contributed by atoms with Gasteiger partial charge in [-0.25, -0.2) is 9.97 Å². The maximum absolute atomic E-state index is 14.2. The Bertz CT molecular complexity index is 1120. The van der Waals surface area contributed by atoms with Gasteiger partial charge in [-0.1, -0.05) is 12.1 Å². The Morgan fingerprint density at radius 2 is 1.03 bits per heavy atom. The number of benzene rings is 2. The van der Waals surface area contributed by atoms with Gasteiger partial charge in [-0.2, -0.15) is 26.3 Å². The van der Waals surface area contributed by atoms with E-state index in [1.807, 2.05) is 0 Å². The highest BCUT2D eigenvalue weighted by Gasteiger charge is 2.72. The molecule has 2 aromatic carbocycles. The highest BCUT2D eigenvalue weighted by atomic mass is 19.4. The Kier molecular flexibility index (Phi) is 3.97. The third-order valence-corrected chi connectivity index (χ3v) is 4.71. The number of nitrogens with zero attached hydrogens (tertiary/aromatic N) is 2. The SMILES string of the molecule is Cc1nc2ccc(C(c3ccc4nc(C)oc4c3)(C(F)(F)F)C(F)(F)F)cc2o1. The van der Waals surface area contributed by atoms with Gasteiger partial charge in [0.1, 0.15) is 11.0 Å². The first-order chi connectivity index (χ1) is 13.4. The standard InChI is InChI=1S/C19H12F6N2O2/c1-9-26-13-5-3-11(7-15(13)28-9)17(18(20,21)22,19(23,24)25)12-4-6-14-16(8-12)29-10(2)27-14/h3-8H,1-2H3. The second-order valence-electron chi connectivity index (χ2n) is 6.58. The van der Waals surface area contributed by atoms with Crippen LogP contribution < -0.4 is 0 Å². The normalized spacial score (nSPS) is 13.5. The molecular weight excluding hydrogens is 402 g/mol. The van der Waals surface area contributed by atoms with Gasteiger partial charge in [-0.05, 0) is 35.4 Å². The van der Waals surface area contributed by atoms with Crippen molar-refractivity contribution in [3.05, 3.63) is 59.3 Å². The fourth-order valence-corrected chi connectivity index (χ4v) is 3.53. The number of hydrogen-bond donors (Lipinski definition) is 0. The Hall–Kier alpha value is -3.04. The molecule has 152 valence electrons. The van der Waals surface area contributed by atoms with Crippen LogP contribution in [0.4, 0.5) is 26.3 Å². The molecule has 0 bridgehead atoms. The molecule has 0 amide bonds. The first-order valence-corrected chi connectivity index (χ1v) is 8.32. The predicted octanol–water partition coefficient (Wildman–Crippen LogP) is 6.00. The number of alkyl halides is 6. The van der Waals surface area contributed by atoms with Gasteiger partial charge in [0.15, 0.2) is 22.9 Å². The summed E-state index contributed by atoms with van der Waals surface area (Å²) in [5.74, 6) is 0.251. The fourth-order valence-electron chi connectivity index (χ4n) is 3.53. The minimum Gasteiger partial charge on any atom is -0.441 e. The number of aromatic nitrogens is 2. The van der Waals surface area contributed by atoms with Gasteiger partial charge in [0.25, 0.3) is 0 Å². The van der Waals surface area contributed by atoms with Gasteiger partial charge in [-0.3, -0.25) is 0 Å². The Morgan fingerprint density at radius 1 is 0.655 bits per heavy atom. The minimum atomic E-state index is -5.71. The van der Waals surface area contributed by atoms with Crippen LogP contribution in [0.1, 0.15) is 22.9 Å². The van der Waals surface area contributed by atoms with E-state index in [0.29, 0.717) is 0 Å². The molecule has 0 radical (unpaired) electrons. The zero-order valence-corrected chi connectivity index (χ0v) is 14.9. The van der Waals surface area contributed by atoms with Crippen LogP contribution in [0.2, 0.25) is 0 Å². The summed E-state index contributed by atoms with van der Waals surface area (Å²) in [6.07, 6.45) is -11.4. The number of fused-ring (bicyclic) bond motifs is 2. The maximum Gasteiger partial charge on any atom is 0.411 e. The summed E-state index contributed by atoms with van der Waals surface area (Å²) >= 11 is 0. The quantitative estimate of drug-likeness (QED) is 0.378. The fraction of sp³-hybridized carbons (Fsp3) is 0.263. The van der Waals surface area contributed by atoms with Crippen LogP contribution in [0.5, 0.6) is 0 Å². The molecule has 0 saturated carbocycles. The predicted molar refractivity (Wildman–Crippen MR) is 90.4 cm³/mol. The minimum absolute atomic E-state index is 0.125. The lowest BCUT2D eigenvalue weighted by Crippen LogP contribution is -2.54. The van der Waals surface area contributed by atoms with E-state index in [-0.39, 0.29) is 34.0 Å². The summed E-state index contributed by atoms with van der Waals surface area (Å²) in [5, 5.41) is 0. The molecule has 0 atom stereocenters. The van der Waals surface area contributed by atoms with Crippen molar-refractivity contribution in [1.29, 1.82) is 0 Å². The summed E-state index contributed by atoms with van der Waals surface area (Å²) in [6, 6.07) is 5.13. The monoisotopic (exact) mass is 414 g/mol. The molecule has 29 heavy (non-hydrogen) atoms. The zero-order valence-electron chi connectivity index (χ0n) is 14.9. The van der Waals surface area contributed by atoms with Crippen molar-refractivity contribution in [3.63, 3.8) is 0 Å². The van der Waals surface area contributed by atoms with Crippen LogP contribution in [0.25, 0.3) is 22.2 Å². The lowest BCUT2D eigenvalue weighted by molar-refractivity contribution is -0.288. The van der Waals surface area contributed by atoms with Crippen molar-refractivity contribution in [2.45, 2.75) is 31.6 Å². The summed E-state index contributed by atoms with van der Waals surface area (Å²) < 4.78 is 95.8. The third-order valence-electron chi connectivity index (χ3n) is 4.71. The van der Waals surface area contributed by atoms with E-state index in [2.05, 4.69) is 9.97 Å². The van der Waals surface area contributed by atoms with Crippen molar-refractivity contribution in [1.82, 2.24) is 9.97 Å². The van der Waals surface area contributed by atoms with Gasteiger partial charge in [0.2, 0.25) is 5.41 Å². The van der Waals surface area contributed by atoms with Gasteiger partial charge < -0.3 is 8.83 Å². The molecule has 2 aromatic heterocycles. The zero-order chi connectivity index (χ0) is 21.2. The average Bonchev–Trinajstić information content (AvgIpc) is 3.12. The largest absolute Gasteiger partial charge is 0.441 e. The first-order valence-electron chi connectivity index (χ1n) is 8.32. The Morgan fingerprint density at radius 3 is 1.38 bits per heavy atom. The molecule has 0 spiro atoms. The molecular formula is C19H12F6N2O2. The van der Waals surface area contributed by atoms with E-state index < -0.39 is 28.9 Å². The van der Waals surface area contributed by atoms with Gasteiger partial charge in [0, 0.05) is 13.8 Å². The third kappa shape index (κ3) is 2.77. The highest BCUT2D eigenvalue weighted by Crippen LogP contribution is 2.56. The van der Waals surface area contributed by atoms with E-state index in [1.54, 1.807) is 0 Å². The van der Waals surface area contributed by atoms with Crippen LogP contribution in [0, 0.1) is 13.8 Å². The number of aryl methyl sites for hydroxylation is 2. The van der Waals surface area contributed by atoms with E-state index in [1.165, 1.54) is 13.8 Å². The van der Waals surface area contributed by atoms with Crippen LogP contribution in [-0.2, 0) is 5.41 Å². The summed E-state index contributed by atoms with van der Waals surface area (Å²) in [6.45, 7) is 2.89. The smallest absolute Gasteiger partial charge is 0.411 e. The van der Waals surface area contributed by atoms with Crippen molar-refractivity contribution in [2.75, 3.05) is 0 Å². The van der Waals surface area contributed by atoms with Crippen LogP contribution in [0.15, 0.2) is 45.2 Å². The molecule has 0 aliphatic rings. The lowest BCUT2D eigenvalue weighted by Gasteiger charge is -2.38. The maximum atomic E-state index is 14.2. The second-order valence-corrected chi connectivity index (χ2v) is 6.58. The molecule has 4 aromatic rings. The molecule has 4 rings (SSSR count). The number of halogens is 6. The summed E-state index contributed by atoms with van der Waals surface area (Å²) in [4.78, 5) is 7.85. The first kappa shape index (κ1) is 19.3. The molecule has 0 aliphatic heterocycles. The summed E-state index contributed by atoms with van der Waals surface area (Å²) in [5.41, 5.74) is -6.39. The molecule has 0 fully saturated rings. The van der Waals surface area contributed by atoms with Gasteiger partial charge in [-0.15, -0.1) is 0 Å². The van der Waals surface area contributed by atoms with Crippen molar-refractivity contribution in [3.8, 4) is 0 Å². The number of hydrogen-bond acceptors (Lipinski definition) is 4. The topological polar surface area (TPSA) is 52.1 Å². The number of rotatable bonds is 2. The lowest BCUT2D eigenvalue weighted by atomic mass is 9.72. The van der Waals surface area contributed by atoms with E-state index in [9.17, 15) is 26.3 Å². The van der Waals surface area contributed by atoms with Crippen molar-refractivity contribution < 1.29 is 35.2 Å². The van der Waals surface area contributed by atoms with Crippen LogP contribution >= 0.6 is 0 Å². The highest BCUT2D eigenvalue weighted by molar-refractivity contribution is 5.76. The van der Waals surface area contributed by atoms with Gasteiger partial charge >= 0.3 is 12.4 Å². The average molecular weight is 414 g/mol. The Labute approximate surface area is 159 Å². The van der Waals surface area contributed by atoms with Crippen LogP contribution in [-0.4, -0.2) is 22.3 Å². The summed E-state index contributed by atoms with van der Waals surface area (Å²) in [7, 11) is 0. The second kappa shape index (κ2) is 5.98. The molecule has 4 nitrogen and oxygen atoms in total. The van der Waals surface area contributed by atoms with E-state index in [4.69, 9.17) is 8.83 Å². The molecule has 0 N–H and O–H groups in total. The van der Waals surface area contributed by atoms with E-state index >= 15 is 0 Å². The Balaban J connectivity index is 2.09. The van der Waals surface area contributed by atoms with Crippen LogP contribution in [0.3, 0.4) is 0 Å². The molecule has 0 unspecified atom stereocenters. The molecule has 2 heterocycles. The van der Waals surface area contributed by atoms with Gasteiger partial charge in [0.05, 0.1) is 0 Å². The molecule has 10 heteroatoms. The van der Waals surface area contributed by atoms with E-state index in [0.717, 1.165) is 36.4 Å². The molecule has 0 aliphatic carbocycles. The number of oxazole rings is 2. The molecule has 0 saturated heterocycles. The van der Waals surface area contributed by atoms with Crippen molar-refractivity contribution in [2.24, 2.45) is 0 Å². The van der Waals surface area contributed by atoms with Crippen molar-refractivity contribution >= 4 is 22.2 Å².